The lowest BCUT2D eigenvalue weighted by molar-refractivity contribution is -0.133. The van der Waals surface area contributed by atoms with Crippen LogP contribution in [0, 0.1) is 12.8 Å². The molecule has 1 aromatic rings. The number of hydrogen-bond acceptors (Lipinski definition) is 5. The number of carbonyl (C=O) groups is 3. The van der Waals surface area contributed by atoms with E-state index in [0.29, 0.717) is 29.0 Å². The highest BCUT2D eigenvalue weighted by molar-refractivity contribution is 6.05. The van der Waals surface area contributed by atoms with Gasteiger partial charge in [0.15, 0.2) is 5.60 Å². The van der Waals surface area contributed by atoms with E-state index in [1.54, 1.807) is 32.9 Å². The van der Waals surface area contributed by atoms with Crippen LogP contribution in [0.4, 0.5) is 27.6 Å². The third kappa shape index (κ3) is 8.32. The van der Waals surface area contributed by atoms with Gasteiger partial charge in [0, 0.05) is 30.7 Å². The van der Waals surface area contributed by atoms with Crippen molar-refractivity contribution < 1.29 is 41.1 Å². The molecular formula is C29H41F5N4O4. The van der Waals surface area contributed by atoms with Crippen molar-refractivity contribution in [2.45, 2.75) is 97.0 Å². The number of carbonyl (C=O) groups excluding carboxylic acids is 3. The fraction of sp³-hybridized carbons (Fsp3) is 0.690. The first kappa shape index (κ1) is 33.5. The maximum atomic E-state index is 14.0. The van der Waals surface area contributed by atoms with Gasteiger partial charge in [-0.1, -0.05) is 0 Å². The molecule has 2 N–H and O–H groups in total. The Kier molecular flexibility index (Phi) is 10.8. The summed E-state index contributed by atoms with van der Waals surface area (Å²) in [6.45, 7) is 7.76. The number of rotatable bonds is 11. The number of amides is 3. The van der Waals surface area contributed by atoms with Gasteiger partial charge >= 0.3 is 12.6 Å². The molecule has 0 radical (unpaired) electrons. The Labute approximate surface area is 243 Å². The molecule has 13 heteroatoms. The second-order valence-electron chi connectivity index (χ2n) is 11.9. The number of ether oxygens (including phenoxy) is 1. The number of nitrogens with one attached hydrogen (secondary N) is 2. The predicted octanol–water partition coefficient (Wildman–Crippen LogP) is 4.83. The Morgan fingerprint density at radius 3 is 2.33 bits per heavy atom. The second kappa shape index (κ2) is 13.6. The van der Waals surface area contributed by atoms with Crippen LogP contribution >= 0.6 is 0 Å². The molecule has 0 aromatic heterocycles. The molecule has 236 valence electrons. The number of anilines is 1. The largest absolute Gasteiger partial charge is 0.476 e. The van der Waals surface area contributed by atoms with Crippen LogP contribution < -0.4 is 20.3 Å². The predicted molar refractivity (Wildman–Crippen MR) is 148 cm³/mol. The summed E-state index contributed by atoms with van der Waals surface area (Å²) in [6.07, 6.45) is -3.72. The van der Waals surface area contributed by atoms with Crippen molar-refractivity contribution in [3.05, 3.63) is 23.3 Å². The van der Waals surface area contributed by atoms with Gasteiger partial charge in [0.1, 0.15) is 5.75 Å². The van der Waals surface area contributed by atoms with Crippen molar-refractivity contribution in [1.29, 1.82) is 0 Å². The van der Waals surface area contributed by atoms with Gasteiger partial charge in [-0.15, -0.1) is 0 Å². The minimum atomic E-state index is -4.23. The minimum Gasteiger partial charge on any atom is -0.476 e. The summed E-state index contributed by atoms with van der Waals surface area (Å²) in [6, 6.07) is 3.08. The quantitative estimate of drug-likeness (QED) is 0.279. The van der Waals surface area contributed by atoms with Crippen LogP contribution in [0.1, 0.15) is 75.7 Å². The number of hydrogen-bond donors (Lipinski definition) is 2. The van der Waals surface area contributed by atoms with E-state index in [2.05, 4.69) is 10.6 Å². The van der Waals surface area contributed by atoms with Crippen LogP contribution in [-0.4, -0.2) is 79.1 Å². The zero-order valence-corrected chi connectivity index (χ0v) is 24.7. The van der Waals surface area contributed by atoms with E-state index < -0.39 is 36.6 Å². The van der Waals surface area contributed by atoms with Gasteiger partial charge in [0.05, 0.1) is 12.2 Å². The van der Waals surface area contributed by atoms with E-state index in [1.807, 2.05) is 18.7 Å². The van der Waals surface area contributed by atoms with Crippen molar-refractivity contribution in [2.24, 2.45) is 5.92 Å². The zero-order chi connectivity index (χ0) is 31.4. The van der Waals surface area contributed by atoms with Gasteiger partial charge in [0.2, 0.25) is 0 Å². The Hall–Kier alpha value is -2.96. The Balaban J connectivity index is 1.76. The van der Waals surface area contributed by atoms with Gasteiger partial charge < -0.3 is 25.2 Å². The molecule has 3 rings (SSSR count). The molecule has 0 saturated heterocycles. The summed E-state index contributed by atoms with van der Waals surface area (Å²) in [5.41, 5.74) is 0.0876. The minimum absolute atomic E-state index is 0.0511. The van der Waals surface area contributed by atoms with E-state index in [1.165, 1.54) is 4.90 Å². The number of aryl methyl sites for hydroxylation is 1. The lowest BCUT2D eigenvalue weighted by atomic mass is 9.83. The first-order valence-corrected chi connectivity index (χ1v) is 14.3. The fourth-order valence-electron chi connectivity index (χ4n) is 5.75. The summed E-state index contributed by atoms with van der Waals surface area (Å²) >= 11 is 0. The van der Waals surface area contributed by atoms with Crippen LogP contribution in [-0.2, 0) is 9.59 Å². The van der Waals surface area contributed by atoms with Crippen LogP contribution in [0.5, 0.6) is 5.75 Å². The molecule has 1 aliphatic heterocycles. The molecular weight excluding hydrogens is 563 g/mol. The van der Waals surface area contributed by atoms with Crippen LogP contribution in [0.3, 0.4) is 0 Å². The second-order valence-corrected chi connectivity index (χ2v) is 11.9. The molecule has 3 amide bonds. The van der Waals surface area contributed by atoms with Crippen LogP contribution in [0.15, 0.2) is 12.1 Å². The molecule has 1 saturated carbocycles. The highest BCUT2D eigenvalue weighted by atomic mass is 19.4. The van der Waals surface area contributed by atoms with Crippen molar-refractivity contribution >= 4 is 23.4 Å². The van der Waals surface area contributed by atoms with Gasteiger partial charge in [0.25, 0.3) is 17.7 Å². The van der Waals surface area contributed by atoms with Crippen LogP contribution in [0.25, 0.3) is 0 Å². The number of nitrogens with zero attached hydrogens (tertiary/aromatic N) is 2. The Bertz CT molecular complexity index is 1130. The summed E-state index contributed by atoms with van der Waals surface area (Å²) in [7, 11) is 0. The number of halogens is 5. The van der Waals surface area contributed by atoms with E-state index in [9.17, 15) is 36.3 Å². The van der Waals surface area contributed by atoms with Crippen molar-refractivity contribution in [2.75, 3.05) is 31.1 Å². The first-order chi connectivity index (χ1) is 19.5. The molecule has 1 heterocycles. The number of fused-ring (bicyclic) bond motifs is 1. The van der Waals surface area contributed by atoms with Gasteiger partial charge in [-0.2, -0.15) is 22.0 Å². The monoisotopic (exact) mass is 604 g/mol. The Morgan fingerprint density at radius 1 is 1.12 bits per heavy atom. The topological polar surface area (TPSA) is 91.0 Å². The fourth-order valence-corrected chi connectivity index (χ4v) is 5.75. The third-order valence-electron chi connectivity index (χ3n) is 7.84. The zero-order valence-electron chi connectivity index (χ0n) is 24.7. The molecule has 1 fully saturated rings. The van der Waals surface area contributed by atoms with E-state index in [-0.39, 0.29) is 43.5 Å². The maximum absolute atomic E-state index is 14.0. The average molecular weight is 605 g/mol. The van der Waals surface area contributed by atoms with Gasteiger partial charge in [-0.05, 0) is 96.9 Å². The van der Waals surface area contributed by atoms with Crippen molar-refractivity contribution in [3.8, 4) is 5.75 Å². The van der Waals surface area contributed by atoms with Crippen LogP contribution in [0.2, 0.25) is 0 Å². The van der Waals surface area contributed by atoms with Crippen molar-refractivity contribution in [1.82, 2.24) is 15.5 Å². The molecule has 42 heavy (non-hydrogen) atoms. The summed E-state index contributed by atoms with van der Waals surface area (Å²) in [4.78, 5) is 41.8. The Morgan fingerprint density at radius 2 is 1.76 bits per heavy atom. The summed E-state index contributed by atoms with van der Waals surface area (Å²) in [5, 5.41) is 4.56. The van der Waals surface area contributed by atoms with Gasteiger partial charge in [-0.25, -0.2) is 0 Å². The van der Waals surface area contributed by atoms with E-state index >= 15 is 0 Å². The third-order valence-corrected chi connectivity index (χ3v) is 7.84. The molecule has 0 bridgehead atoms. The first-order valence-electron chi connectivity index (χ1n) is 14.3. The average Bonchev–Trinajstić information content (AvgIpc) is 2.88. The maximum Gasteiger partial charge on any atom is 0.401 e. The molecule has 8 nitrogen and oxygen atoms in total. The molecule has 2 aliphatic rings. The standard InChI is InChI=1S/C29H41F5N4O4/c1-17(2)38(20-8-6-19(7-9-20)10-11-35-16-29(32,33)34)26(40)21-15-22-23(14-18(21)3)42-28(4,5)27(41)37(22)13-12-36-25(39)24(30)31/h14-15,17,19-20,24,35H,6-13,16H2,1-5H3,(H,36,39). The number of benzene rings is 1. The highest BCUT2D eigenvalue weighted by Gasteiger charge is 2.42. The van der Waals surface area contributed by atoms with Gasteiger partial charge in [-0.3, -0.25) is 14.4 Å². The summed E-state index contributed by atoms with van der Waals surface area (Å²) in [5.74, 6) is -1.45. The molecule has 0 spiro atoms. The van der Waals surface area contributed by atoms with E-state index in [0.717, 1.165) is 25.7 Å². The molecule has 1 aliphatic carbocycles. The van der Waals surface area contributed by atoms with Crippen molar-refractivity contribution in [3.63, 3.8) is 0 Å². The normalized spacial score (nSPS) is 20.4. The number of alkyl halides is 5. The molecule has 1 aromatic carbocycles. The SMILES string of the molecule is Cc1cc2c(cc1C(=O)N(C(C)C)C1CCC(CCNCC(F)(F)F)CC1)N(CCNC(=O)C(F)F)C(=O)C(C)(C)O2. The lowest BCUT2D eigenvalue weighted by Crippen LogP contribution is -2.54. The summed E-state index contributed by atoms with van der Waals surface area (Å²) < 4.78 is 68.4. The smallest absolute Gasteiger partial charge is 0.401 e. The van der Waals surface area contributed by atoms with E-state index in [4.69, 9.17) is 4.74 Å². The highest BCUT2D eigenvalue weighted by Crippen LogP contribution is 2.40. The molecule has 0 atom stereocenters. The lowest BCUT2D eigenvalue weighted by Gasteiger charge is -2.41. The molecule has 0 unspecified atom stereocenters.